The van der Waals surface area contributed by atoms with E-state index in [1.807, 2.05) is 36.4 Å². The smallest absolute Gasteiger partial charge is 0.172 e. The first-order valence-corrected chi connectivity index (χ1v) is 6.87. The van der Waals surface area contributed by atoms with E-state index >= 15 is 0 Å². The Morgan fingerprint density at radius 3 is 2.86 bits per heavy atom. The first-order valence-electron chi connectivity index (χ1n) is 6.87. The van der Waals surface area contributed by atoms with Crippen molar-refractivity contribution >= 4 is 5.84 Å². The van der Waals surface area contributed by atoms with E-state index in [4.69, 9.17) is 9.47 Å². The molecule has 0 bridgehead atoms. The van der Waals surface area contributed by atoms with Crippen molar-refractivity contribution < 1.29 is 9.47 Å². The molecule has 0 aliphatic carbocycles. The van der Waals surface area contributed by atoms with Crippen molar-refractivity contribution in [2.75, 3.05) is 20.2 Å². The topological polar surface area (TPSA) is 55.7 Å². The van der Waals surface area contributed by atoms with Crippen LogP contribution in [0.1, 0.15) is 11.3 Å². The van der Waals surface area contributed by atoms with E-state index in [1.165, 1.54) is 0 Å². The summed E-state index contributed by atoms with van der Waals surface area (Å²) in [5, 5.41) is 3.26. The summed E-state index contributed by atoms with van der Waals surface area (Å²) in [5.74, 6) is 2.24. The lowest BCUT2D eigenvalue weighted by atomic mass is 10.1. The number of ether oxygens (including phenoxy) is 2. The number of methoxy groups -OCH3 is 1. The third-order valence-corrected chi connectivity index (χ3v) is 3.22. The van der Waals surface area contributed by atoms with E-state index in [1.54, 1.807) is 13.3 Å². The quantitative estimate of drug-likeness (QED) is 0.912. The average Bonchev–Trinajstić information content (AvgIpc) is 3.08. The summed E-state index contributed by atoms with van der Waals surface area (Å²) in [5.41, 5.74) is 1.79. The third kappa shape index (κ3) is 2.97. The Labute approximate surface area is 123 Å². The second kappa shape index (κ2) is 6.26. The number of pyridine rings is 1. The van der Waals surface area contributed by atoms with E-state index in [0.29, 0.717) is 18.1 Å². The van der Waals surface area contributed by atoms with Gasteiger partial charge in [0.1, 0.15) is 12.4 Å². The van der Waals surface area contributed by atoms with E-state index in [0.717, 1.165) is 30.2 Å². The first-order chi connectivity index (χ1) is 10.4. The Kier molecular flexibility index (Phi) is 4.00. The molecule has 1 aliphatic heterocycles. The fourth-order valence-electron chi connectivity index (χ4n) is 2.22. The Morgan fingerprint density at radius 2 is 2.14 bits per heavy atom. The van der Waals surface area contributed by atoms with Crippen LogP contribution in [0, 0.1) is 0 Å². The molecule has 0 amide bonds. The molecular formula is C16H17N3O2. The molecule has 0 saturated heterocycles. The van der Waals surface area contributed by atoms with Gasteiger partial charge >= 0.3 is 0 Å². The normalized spacial score (nSPS) is 13.5. The highest BCUT2D eigenvalue weighted by atomic mass is 16.5. The predicted molar refractivity (Wildman–Crippen MR) is 81.0 cm³/mol. The van der Waals surface area contributed by atoms with Gasteiger partial charge in [0.2, 0.25) is 0 Å². The summed E-state index contributed by atoms with van der Waals surface area (Å²) in [4.78, 5) is 8.72. The molecule has 1 aromatic heterocycles. The molecule has 1 aliphatic rings. The summed E-state index contributed by atoms with van der Waals surface area (Å²) >= 11 is 0. The maximum absolute atomic E-state index is 5.95. The fourth-order valence-corrected chi connectivity index (χ4v) is 2.22. The van der Waals surface area contributed by atoms with E-state index < -0.39 is 0 Å². The molecule has 0 atom stereocenters. The summed E-state index contributed by atoms with van der Waals surface area (Å²) < 4.78 is 11.4. The number of aliphatic imine (C=N–C) groups is 1. The monoisotopic (exact) mass is 283 g/mol. The van der Waals surface area contributed by atoms with Crippen LogP contribution < -0.4 is 14.8 Å². The Balaban J connectivity index is 1.88. The van der Waals surface area contributed by atoms with Gasteiger partial charge < -0.3 is 14.8 Å². The van der Waals surface area contributed by atoms with E-state index in [-0.39, 0.29) is 0 Å². The molecule has 1 N–H and O–H groups in total. The minimum atomic E-state index is 0.390. The Hall–Kier alpha value is -2.56. The molecule has 0 fully saturated rings. The van der Waals surface area contributed by atoms with Crippen molar-refractivity contribution in [3.8, 4) is 11.5 Å². The lowest BCUT2D eigenvalue weighted by Crippen LogP contribution is -2.20. The second-order valence-electron chi connectivity index (χ2n) is 4.60. The Bertz CT molecular complexity index is 641. The van der Waals surface area contributed by atoms with Crippen LogP contribution in [0.3, 0.4) is 0 Å². The number of benzene rings is 1. The zero-order valence-corrected chi connectivity index (χ0v) is 11.9. The van der Waals surface area contributed by atoms with Gasteiger partial charge in [0, 0.05) is 12.7 Å². The molecule has 5 nitrogen and oxygen atoms in total. The van der Waals surface area contributed by atoms with Crippen LogP contribution in [0.5, 0.6) is 11.5 Å². The summed E-state index contributed by atoms with van der Waals surface area (Å²) in [6, 6.07) is 11.6. The fraction of sp³-hybridized carbons (Fsp3) is 0.250. The van der Waals surface area contributed by atoms with Gasteiger partial charge in [0.05, 0.1) is 24.9 Å². The lowest BCUT2D eigenvalue weighted by Gasteiger charge is -2.15. The molecule has 108 valence electrons. The van der Waals surface area contributed by atoms with Gasteiger partial charge in [0.25, 0.3) is 0 Å². The van der Waals surface area contributed by atoms with E-state index in [9.17, 15) is 0 Å². The van der Waals surface area contributed by atoms with Gasteiger partial charge in [-0.15, -0.1) is 0 Å². The average molecular weight is 283 g/mol. The van der Waals surface area contributed by atoms with Gasteiger partial charge in [-0.1, -0.05) is 12.1 Å². The van der Waals surface area contributed by atoms with Gasteiger partial charge in [-0.05, 0) is 24.3 Å². The van der Waals surface area contributed by atoms with E-state index in [2.05, 4.69) is 15.3 Å². The zero-order valence-electron chi connectivity index (χ0n) is 11.9. The van der Waals surface area contributed by atoms with Crippen molar-refractivity contribution in [2.45, 2.75) is 6.61 Å². The minimum absolute atomic E-state index is 0.390. The van der Waals surface area contributed by atoms with Crippen LogP contribution in [0.15, 0.2) is 47.6 Å². The highest BCUT2D eigenvalue weighted by molar-refractivity contribution is 6.02. The minimum Gasteiger partial charge on any atom is -0.493 e. The molecule has 1 aromatic carbocycles. The number of para-hydroxylation sites is 1. The SMILES string of the molecule is COc1cccc(C2=NCCN2)c1OCc1ccccn1. The number of hydrogen-bond acceptors (Lipinski definition) is 5. The number of amidine groups is 1. The van der Waals surface area contributed by atoms with Crippen LogP contribution in [0.25, 0.3) is 0 Å². The maximum Gasteiger partial charge on any atom is 0.172 e. The van der Waals surface area contributed by atoms with Gasteiger partial charge in [-0.25, -0.2) is 0 Å². The summed E-state index contributed by atoms with van der Waals surface area (Å²) in [6.45, 7) is 2.03. The molecule has 0 saturated carbocycles. The van der Waals surface area contributed by atoms with Crippen LogP contribution >= 0.6 is 0 Å². The van der Waals surface area contributed by atoms with Crippen molar-refractivity contribution in [2.24, 2.45) is 4.99 Å². The molecule has 0 unspecified atom stereocenters. The first kappa shape index (κ1) is 13.4. The summed E-state index contributed by atoms with van der Waals surface area (Å²) in [6.07, 6.45) is 1.75. The van der Waals surface area contributed by atoms with Crippen molar-refractivity contribution in [1.29, 1.82) is 0 Å². The molecule has 5 heteroatoms. The molecule has 21 heavy (non-hydrogen) atoms. The van der Waals surface area contributed by atoms with Gasteiger partial charge in [0.15, 0.2) is 11.5 Å². The molecule has 2 aromatic rings. The largest absolute Gasteiger partial charge is 0.493 e. The molecule has 3 rings (SSSR count). The molecular weight excluding hydrogens is 266 g/mol. The standard InChI is InChI=1S/C16H17N3O2/c1-20-14-7-4-6-13(16-18-9-10-19-16)15(14)21-11-12-5-2-3-8-17-12/h2-8H,9-11H2,1H3,(H,18,19). The second-order valence-corrected chi connectivity index (χ2v) is 4.60. The third-order valence-electron chi connectivity index (χ3n) is 3.22. The van der Waals surface area contributed by atoms with Gasteiger partial charge in [-0.2, -0.15) is 0 Å². The number of hydrogen-bond donors (Lipinski definition) is 1. The van der Waals surface area contributed by atoms with Crippen LogP contribution in [-0.2, 0) is 6.61 Å². The zero-order chi connectivity index (χ0) is 14.5. The number of nitrogens with zero attached hydrogens (tertiary/aromatic N) is 2. The highest BCUT2D eigenvalue weighted by Crippen LogP contribution is 2.32. The number of aromatic nitrogens is 1. The van der Waals surface area contributed by atoms with Crippen molar-refractivity contribution in [3.63, 3.8) is 0 Å². The lowest BCUT2D eigenvalue weighted by molar-refractivity contribution is 0.280. The number of nitrogens with one attached hydrogen (secondary N) is 1. The van der Waals surface area contributed by atoms with Crippen LogP contribution in [-0.4, -0.2) is 31.0 Å². The number of rotatable bonds is 5. The summed E-state index contributed by atoms with van der Waals surface area (Å²) in [7, 11) is 1.64. The molecule has 0 spiro atoms. The predicted octanol–water partition coefficient (Wildman–Crippen LogP) is 2.02. The maximum atomic E-state index is 5.95. The van der Waals surface area contributed by atoms with Crippen molar-refractivity contribution in [1.82, 2.24) is 10.3 Å². The molecule has 0 radical (unpaired) electrons. The highest BCUT2D eigenvalue weighted by Gasteiger charge is 2.17. The van der Waals surface area contributed by atoms with Crippen LogP contribution in [0.4, 0.5) is 0 Å². The van der Waals surface area contributed by atoms with Gasteiger partial charge in [-0.3, -0.25) is 9.98 Å². The van der Waals surface area contributed by atoms with Crippen molar-refractivity contribution in [3.05, 3.63) is 53.9 Å². The Morgan fingerprint density at radius 1 is 1.19 bits per heavy atom. The molecule has 2 heterocycles. The van der Waals surface area contributed by atoms with Crippen LogP contribution in [0.2, 0.25) is 0 Å².